The van der Waals surface area contributed by atoms with Crippen molar-refractivity contribution in [2.75, 3.05) is 6.54 Å². The van der Waals surface area contributed by atoms with Crippen LogP contribution < -0.4 is 5.32 Å². The fraction of sp³-hybridized carbons (Fsp3) is 0.333. The number of rotatable bonds is 7. The average molecular weight is 309 g/mol. The standard InChI is InChI=1S/C18H23N5/c1-14(13-23-9-8-20-15(23)2)10-19-11-17-12-21-22-18(17)16-6-4-3-5-7-16/h3-9,12,14,19H,10-11,13H2,1-2H3,(H,21,22). The van der Waals surface area contributed by atoms with E-state index in [-0.39, 0.29) is 0 Å². The Kier molecular flexibility index (Phi) is 4.88. The van der Waals surface area contributed by atoms with Gasteiger partial charge in [0.1, 0.15) is 5.82 Å². The zero-order valence-corrected chi connectivity index (χ0v) is 13.7. The van der Waals surface area contributed by atoms with Gasteiger partial charge >= 0.3 is 0 Å². The molecule has 1 atom stereocenters. The normalized spacial score (nSPS) is 12.4. The van der Waals surface area contributed by atoms with Gasteiger partial charge in [-0.15, -0.1) is 0 Å². The van der Waals surface area contributed by atoms with Gasteiger partial charge < -0.3 is 9.88 Å². The first-order valence-corrected chi connectivity index (χ1v) is 8.00. The molecular weight excluding hydrogens is 286 g/mol. The highest BCUT2D eigenvalue weighted by molar-refractivity contribution is 5.62. The third-order valence-corrected chi connectivity index (χ3v) is 4.02. The van der Waals surface area contributed by atoms with E-state index in [0.717, 1.165) is 31.2 Å². The first-order valence-electron chi connectivity index (χ1n) is 8.00. The summed E-state index contributed by atoms with van der Waals surface area (Å²) in [7, 11) is 0. The zero-order chi connectivity index (χ0) is 16.1. The van der Waals surface area contributed by atoms with Crippen molar-refractivity contribution < 1.29 is 0 Å². The number of aryl methyl sites for hydroxylation is 1. The van der Waals surface area contributed by atoms with Crippen LogP contribution >= 0.6 is 0 Å². The van der Waals surface area contributed by atoms with Gasteiger partial charge in [-0.3, -0.25) is 5.10 Å². The molecule has 0 saturated heterocycles. The maximum atomic E-state index is 4.27. The minimum absolute atomic E-state index is 0.537. The second kappa shape index (κ2) is 7.24. The van der Waals surface area contributed by atoms with Crippen molar-refractivity contribution in [3.8, 4) is 11.3 Å². The van der Waals surface area contributed by atoms with E-state index in [4.69, 9.17) is 0 Å². The lowest BCUT2D eigenvalue weighted by Gasteiger charge is -2.14. The predicted molar refractivity (Wildman–Crippen MR) is 91.9 cm³/mol. The summed E-state index contributed by atoms with van der Waals surface area (Å²) in [6.07, 6.45) is 5.79. The second-order valence-corrected chi connectivity index (χ2v) is 6.00. The molecule has 3 rings (SSSR count). The summed E-state index contributed by atoms with van der Waals surface area (Å²) in [6.45, 7) is 7.04. The number of imidazole rings is 1. The number of aromatic amines is 1. The van der Waals surface area contributed by atoms with Gasteiger partial charge in [-0.1, -0.05) is 37.3 Å². The van der Waals surface area contributed by atoms with E-state index in [9.17, 15) is 0 Å². The van der Waals surface area contributed by atoms with E-state index < -0.39 is 0 Å². The molecule has 0 spiro atoms. The molecule has 0 radical (unpaired) electrons. The van der Waals surface area contributed by atoms with E-state index in [1.807, 2.05) is 43.7 Å². The summed E-state index contributed by atoms with van der Waals surface area (Å²) >= 11 is 0. The molecular formula is C18H23N5. The molecule has 120 valence electrons. The smallest absolute Gasteiger partial charge is 0.105 e. The third-order valence-electron chi connectivity index (χ3n) is 4.02. The van der Waals surface area contributed by atoms with Gasteiger partial charge in [0.2, 0.25) is 0 Å². The van der Waals surface area contributed by atoms with Crippen LogP contribution in [-0.4, -0.2) is 26.3 Å². The number of hydrogen-bond donors (Lipinski definition) is 2. The van der Waals surface area contributed by atoms with Crippen molar-refractivity contribution >= 4 is 0 Å². The summed E-state index contributed by atoms with van der Waals surface area (Å²) in [5, 5.41) is 10.8. The molecule has 5 nitrogen and oxygen atoms in total. The third kappa shape index (κ3) is 3.87. The summed E-state index contributed by atoms with van der Waals surface area (Å²) in [6, 6.07) is 10.3. The lowest BCUT2D eigenvalue weighted by molar-refractivity contribution is 0.440. The van der Waals surface area contributed by atoms with Crippen LogP contribution in [0, 0.1) is 12.8 Å². The molecule has 5 heteroatoms. The van der Waals surface area contributed by atoms with E-state index in [0.29, 0.717) is 5.92 Å². The van der Waals surface area contributed by atoms with Gasteiger partial charge in [0.15, 0.2) is 0 Å². The largest absolute Gasteiger partial charge is 0.335 e. The predicted octanol–water partition coefficient (Wildman–Crippen LogP) is 3.01. The van der Waals surface area contributed by atoms with Gasteiger partial charge in [0.25, 0.3) is 0 Å². The summed E-state index contributed by atoms with van der Waals surface area (Å²) in [4.78, 5) is 4.27. The van der Waals surface area contributed by atoms with Crippen molar-refractivity contribution in [1.29, 1.82) is 0 Å². The minimum Gasteiger partial charge on any atom is -0.335 e. The Morgan fingerprint density at radius 1 is 1.26 bits per heavy atom. The molecule has 2 N–H and O–H groups in total. The molecule has 0 bridgehead atoms. The van der Waals surface area contributed by atoms with Crippen molar-refractivity contribution in [1.82, 2.24) is 25.1 Å². The Balaban J connectivity index is 1.53. The summed E-state index contributed by atoms with van der Waals surface area (Å²) in [5.41, 5.74) is 3.46. The first-order chi connectivity index (χ1) is 11.2. The van der Waals surface area contributed by atoms with E-state index in [1.165, 1.54) is 11.1 Å². The second-order valence-electron chi connectivity index (χ2n) is 6.00. The quantitative estimate of drug-likeness (QED) is 0.705. The van der Waals surface area contributed by atoms with Crippen LogP contribution in [0.2, 0.25) is 0 Å². The Bertz CT molecular complexity index is 729. The van der Waals surface area contributed by atoms with Gasteiger partial charge in [-0.05, 0) is 24.9 Å². The zero-order valence-electron chi connectivity index (χ0n) is 13.7. The molecule has 1 unspecified atom stereocenters. The van der Waals surface area contributed by atoms with E-state index >= 15 is 0 Å². The topological polar surface area (TPSA) is 58.5 Å². The lowest BCUT2D eigenvalue weighted by Crippen LogP contribution is -2.24. The highest BCUT2D eigenvalue weighted by atomic mass is 15.1. The molecule has 0 aliphatic heterocycles. The SMILES string of the molecule is Cc1nccn1CC(C)CNCc1cn[nH]c1-c1ccccc1. The molecule has 0 aliphatic carbocycles. The Hall–Kier alpha value is -2.40. The fourth-order valence-corrected chi connectivity index (χ4v) is 2.75. The van der Waals surface area contributed by atoms with Crippen LogP contribution in [-0.2, 0) is 13.1 Å². The maximum Gasteiger partial charge on any atom is 0.105 e. The molecule has 2 aromatic heterocycles. The Labute approximate surface area is 136 Å². The van der Waals surface area contributed by atoms with E-state index in [2.05, 4.69) is 44.1 Å². The molecule has 0 aliphatic rings. The number of hydrogen-bond acceptors (Lipinski definition) is 3. The maximum absolute atomic E-state index is 4.27. The van der Waals surface area contributed by atoms with Gasteiger partial charge in [0.05, 0.1) is 11.9 Å². The molecule has 0 saturated carbocycles. The molecule has 3 aromatic rings. The fourth-order valence-electron chi connectivity index (χ4n) is 2.75. The molecule has 1 aromatic carbocycles. The molecule has 0 fully saturated rings. The minimum atomic E-state index is 0.537. The number of nitrogens with zero attached hydrogens (tertiary/aromatic N) is 3. The number of H-pyrrole nitrogens is 1. The van der Waals surface area contributed by atoms with Gasteiger partial charge in [0, 0.05) is 31.0 Å². The summed E-state index contributed by atoms with van der Waals surface area (Å²) < 4.78 is 2.19. The lowest BCUT2D eigenvalue weighted by atomic mass is 10.1. The molecule has 0 amide bonds. The van der Waals surface area contributed by atoms with Crippen molar-refractivity contribution in [2.24, 2.45) is 5.92 Å². The highest BCUT2D eigenvalue weighted by Gasteiger charge is 2.09. The molecule has 23 heavy (non-hydrogen) atoms. The van der Waals surface area contributed by atoms with Crippen LogP contribution in [0.4, 0.5) is 0 Å². The van der Waals surface area contributed by atoms with Crippen LogP contribution in [0.1, 0.15) is 18.3 Å². The number of nitrogens with one attached hydrogen (secondary N) is 2. The number of benzene rings is 1. The van der Waals surface area contributed by atoms with Crippen molar-refractivity contribution in [3.63, 3.8) is 0 Å². The first kappa shape index (κ1) is 15.5. The van der Waals surface area contributed by atoms with Gasteiger partial charge in [-0.2, -0.15) is 5.10 Å². The molecule has 2 heterocycles. The Morgan fingerprint density at radius 2 is 2.09 bits per heavy atom. The monoisotopic (exact) mass is 309 g/mol. The van der Waals surface area contributed by atoms with E-state index in [1.54, 1.807) is 0 Å². The summed E-state index contributed by atoms with van der Waals surface area (Å²) in [5.74, 6) is 1.60. The van der Waals surface area contributed by atoms with Crippen LogP contribution in [0.15, 0.2) is 48.9 Å². The van der Waals surface area contributed by atoms with Gasteiger partial charge in [-0.25, -0.2) is 4.98 Å². The number of aromatic nitrogens is 4. The highest BCUT2D eigenvalue weighted by Crippen LogP contribution is 2.20. The van der Waals surface area contributed by atoms with Crippen molar-refractivity contribution in [3.05, 3.63) is 60.3 Å². The van der Waals surface area contributed by atoms with Crippen LogP contribution in [0.5, 0.6) is 0 Å². The Morgan fingerprint density at radius 3 is 2.83 bits per heavy atom. The average Bonchev–Trinajstić information content (AvgIpc) is 3.18. The van der Waals surface area contributed by atoms with Crippen LogP contribution in [0.3, 0.4) is 0 Å². The van der Waals surface area contributed by atoms with Crippen molar-refractivity contribution in [2.45, 2.75) is 26.9 Å². The van der Waals surface area contributed by atoms with Crippen LogP contribution in [0.25, 0.3) is 11.3 Å².